The van der Waals surface area contributed by atoms with Crippen LogP contribution in [0.25, 0.3) is 0 Å². The topological polar surface area (TPSA) is 46.5 Å². The van der Waals surface area contributed by atoms with Gasteiger partial charge in [0, 0.05) is 11.1 Å². The number of carbonyl (C=O) groups is 1. The van der Waals surface area contributed by atoms with Gasteiger partial charge < -0.3 is 9.84 Å². The first-order valence-corrected chi connectivity index (χ1v) is 5.21. The summed E-state index contributed by atoms with van der Waals surface area (Å²) < 4.78 is 5.52. The molecule has 3 heteroatoms. The summed E-state index contributed by atoms with van der Waals surface area (Å²) in [6.07, 6.45) is 2.99. The molecule has 1 aromatic rings. The van der Waals surface area contributed by atoms with Gasteiger partial charge >= 0.3 is 0 Å². The molecule has 0 saturated carbocycles. The van der Waals surface area contributed by atoms with Gasteiger partial charge in [0.25, 0.3) is 0 Å². The minimum Gasteiger partial charge on any atom is -0.493 e. The van der Waals surface area contributed by atoms with Crippen LogP contribution < -0.4 is 4.74 Å². The standard InChI is InChI=1S/C12H14O3/c13-8-9-4-5-10-11(14)3-1-2-6-15-12(10)7-9/h4-5,7-8,11,14H,1-3,6H2. The van der Waals surface area contributed by atoms with E-state index in [0.717, 1.165) is 31.1 Å². The van der Waals surface area contributed by atoms with E-state index in [9.17, 15) is 9.90 Å². The number of aliphatic hydroxyl groups excluding tert-OH is 1. The first kappa shape index (κ1) is 10.2. The Morgan fingerprint density at radius 2 is 2.27 bits per heavy atom. The maximum absolute atomic E-state index is 10.6. The lowest BCUT2D eigenvalue weighted by atomic mass is 10.0. The number of aliphatic hydroxyl groups is 1. The summed E-state index contributed by atoms with van der Waals surface area (Å²) in [5.41, 5.74) is 1.38. The molecule has 15 heavy (non-hydrogen) atoms. The van der Waals surface area contributed by atoms with Crippen LogP contribution in [0.4, 0.5) is 0 Å². The highest BCUT2D eigenvalue weighted by molar-refractivity contribution is 5.76. The summed E-state index contributed by atoms with van der Waals surface area (Å²) in [5, 5.41) is 9.86. The van der Waals surface area contributed by atoms with Crippen LogP contribution in [-0.4, -0.2) is 18.0 Å². The first-order chi connectivity index (χ1) is 7.31. The maximum atomic E-state index is 10.6. The Kier molecular flexibility index (Phi) is 3.02. The quantitative estimate of drug-likeness (QED) is 0.716. The number of carbonyl (C=O) groups excluding carboxylic acids is 1. The second-order valence-corrected chi connectivity index (χ2v) is 3.78. The van der Waals surface area contributed by atoms with Crippen molar-refractivity contribution < 1.29 is 14.6 Å². The van der Waals surface area contributed by atoms with Gasteiger partial charge in [-0.25, -0.2) is 0 Å². The molecule has 1 atom stereocenters. The fourth-order valence-electron chi connectivity index (χ4n) is 1.80. The summed E-state index contributed by atoms with van der Waals surface area (Å²) >= 11 is 0. The molecule has 2 rings (SSSR count). The third-order valence-corrected chi connectivity index (χ3v) is 2.66. The van der Waals surface area contributed by atoms with Crippen molar-refractivity contribution in [1.29, 1.82) is 0 Å². The molecule has 1 aliphatic heterocycles. The highest BCUT2D eigenvalue weighted by Gasteiger charge is 2.16. The zero-order chi connectivity index (χ0) is 10.7. The van der Waals surface area contributed by atoms with E-state index in [1.807, 2.05) is 0 Å². The Labute approximate surface area is 88.7 Å². The molecule has 3 nitrogen and oxygen atoms in total. The molecule has 80 valence electrons. The average molecular weight is 206 g/mol. The number of rotatable bonds is 1. The zero-order valence-corrected chi connectivity index (χ0v) is 8.48. The van der Waals surface area contributed by atoms with E-state index < -0.39 is 6.10 Å². The largest absolute Gasteiger partial charge is 0.493 e. The lowest BCUT2D eigenvalue weighted by Crippen LogP contribution is -2.09. The lowest BCUT2D eigenvalue weighted by molar-refractivity contribution is 0.112. The predicted octanol–water partition coefficient (Wildman–Crippen LogP) is 2.10. The van der Waals surface area contributed by atoms with E-state index in [2.05, 4.69) is 0 Å². The first-order valence-electron chi connectivity index (χ1n) is 5.21. The minimum absolute atomic E-state index is 0.471. The molecule has 1 aliphatic rings. The summed E-state index contributed by atoms with van der Waals surface area (Å²) in [7, 11) is 0. The van der Waals surface area contributed by atoms with Crippen LogP contribution in [-0.2, 0) is 0 Å². The van der Waals surface area contributed by atoms with Crippen molar-refractivity contribution in [3.05, 3.63) is 29.3 Å². The molecule has 0 aromatic heterocycles. The van der Waals surface area contributed by atoms with E-state index in [4.69, 9.17) is 4.74 Å². The van der Waals surface area contributed by atoms with Crippen LogP contribution in [0.2, 0.25) is 0 Å². The molecule has 1 heterocycles. The van der Waals surface area contributed by atoms with Gasteiger partial charge in [-0.1, -0.05) is 12.1 Å². The van der Waals surface area contributed by atoms with Gasteiger partial charge in [0.1, 0.15) is 12.0 Å². The zero-order valence-electron chi connectivity index (χ0n) is 8.48. The summed E-state index contributed by atoms with van der Waals surface area (Å²) in [4.78, 5) is 10.6. The summed E-state index contributed by atoms with van der Waals surface area (Å²) in [6.45, 7) is 0.655. The Morgan fingerprint density at radius 3 is 3.07 bits per heavy atom. The average Bonchev–Trinajstić information content (AvgIpc) is 2.25. The molecule has 0 fully saturated rings. The number of hydrogen-bond donors (Lipinski definition) is 1. The van der Waals surface area contributed by atoms with E-state index in [-0.39, 0.29) is 0 Å². The van der Waals surface area contributed by atoms with Crippen molar-refractivity contribution in [2.45, 2.75) is 25.4 Å². The molecular weight excluding hydrogens is 192 g/mol. The Morgan fingerprint density at radius 1 is 1.40 bits per heavy atom. The van der Waals surface area contributed by atoms with Crippen molar-refractivity contribution >= 4 is 6.29 Å². The molecule has 1 unspecified atom stereocenters. The fraction of sp³-hybridized carbons (Fsp3) is 0.417. The van der Waals surface area contributed by atoms with Gasteiger partial charge in [0.2, 0.25) is 0 Å². The lowest BCUT2D eigenvalue weighted by Gasteiger charge is -2.19. The van der Waals surface area contributed by atoms with Crippen molar-refractivity contribution in [1.82, 2.24) is 0 Å². The van der Waals surface area contributed by atoms with E-state index >= 15 is 0 Å². The van der Waals surface area contributed by atoms with Gasteiger partial charge in [-0.15, -0.1) is 0 Å². The van der Waals surface area contributed by atoms with Gasteiger partial charge in [0.15, 0.2) is 0 Å². The molecule has 0 spiro atoms. The van der Waals surface area contributed by atoms with Crippen LogP contribution >= 0.6 is 0 Å². The fourth-order valence-corrected chi connectivity index (χ4v) is 1.80. The minimum atomic E-state index is -0.471. The summed E-state index contributed by atoms with van der Waals surface area (Å²) in [5.74, 6) is 0.645. The molecule has 1 aromatic carbocycles. The van der Waals surface area contributed by atoms with Crippen LogP contribution in [0, 0.1) is 0 Å². The van der Waals surface area contributed by atoms with Crippen LogP contribution in [0.5, 0.6) is 5.75 Å². The molecular formula is C12H14O3. The molecule has 0 aliphatic carbocycles. The van der Waals surface area contributed by atoms with Crippen molar-refractivity contribution in [3.8, 4) is 5.75 Å². The second kappa shape index (κ2) is 4.45. The van der Waals surface area contributed by atoms with Crippen LogP contribution in [0.15, 0.2) is 18.2 Å². The maximum Gasteiger partial charge on any atom is 0.150 e. The Bertz CT molecular complexity index is 360. The van der Waals surface area contributed by atoms with Gasteiger partial charge in [-0.2, -0.15) is 0 Å². The number of benzene rings is 1. The highest BCUT2D eigenvalue weighted by Crippen LogP contribution is 2.31. The smallest absolute Gasteiger partial charge is 0.150 e. The number of fused-ring (bicyclic) bond motifs is 1. The molecule has 1 N–H and O–H groups in total. The Balaban J connectivity index is 2.37. The van der Waals surface area contributed by atoms with Crippen molar-refractivity contribution in [2.24, 2.45) is 0 Å². The summed E-state index contributed by atoms with van der Waals surface area (Å²) in [6, 6.07) is 5.17. The number of ether oxygens (including phenoxy) is 1. The predicted molar refractivity (Wildman–Crippen MR) is 56.1 cm³/mol. The molecule has 0 bridgehead atoms. The highest BCUT2D eigenvalue weighted by atomic mass is 16.5. The van der Waals surface area contributed by atoms with Gasteiger partial charge in [-0.05, 0) is 25.3 Å². The van der Waals surface area contributed by atoms with Crippen LogP contribution in [0.1, 0.15) is 41.3 Å². The molecule has 0 saturated heterocycles. The van der Waals surface area contributed by atoms with Crippen LogP contribution in [0.3, 0.4) is 0 Å². The number of hydrogen-bond acceptors (Lipinski definition) is 3. The van der Waals surface area contributed by atoms with E-state index in [1.54, 1.807) is 18.2 Å². The third kappa shape index (κ3) is 2.18. The van der Waals surface area contributed by atoms with Crippen molar-refractivity contribution in [2.75, 3.05) is 6.61 Å². The molecule has 0 radical (unpaired) electrons. The van der Waals surface area contributed by atoms with Crippen molar-refractivity contribution in [3.63, 3.8) is 0 Å². The van der Waals surface area contributed by atoms with Gasteiger partial charge in [-0.3, -0.25) is 4.79 Å². The third-order valence-electron chi connectivity index (χ3n) is 2.66. The SMILES string of the molecule is O=Cc1ccc2c(c1)OCCCCC2O. The monoisotopic (exact) mass is 206 g/mol. The normalized spacial score (nSPS) is 20.7. The molecule has 0 amide bonds. The number of aldehydes is 1. The van der Waals surface area contributed by atoms with Gasteiger partial charge in [0.05, 0.1) is 12.7 Å². The van der Waals surface area contributed by atoms with E-state index in [0.29, 0.717) is 17.9 Å². The second-order valence-electron chi connectivity index (χ2n) is 3.78. The van der Waals surface area contributed by atoms with E-state index in [1.165, 1.54) is 0 Å². The Hall–Kier alpha value is -1.35.